The SMILES string of the molecule is CC(=O)NC1C(C)CSC1CCCCC(=O)NCCCCC(C)C(=O)NN. The number of rotatable bonds is 12. The summed E-state index contributed by atoms with van der Waals surface area (Å²) in [6.07, 6.45) is 5.97. The van der Waals surface area contributed by atoms with E-state index in [4.69, 9.17) is 5.84 Å². The number of hydrogen-bond donors (Lipinski definition) is 4. The Kier molecular flexibility index (Phi) is 11.4. The van der Waals surface area contributed by atoms with Crippen molar-refractivity contribution in [3.8, 4) is 0 Å². The van der Waals surface area contributed by atoms with E-state index in [0.717, 1.165) is 44.3 Å². The molecule has 0 aromatic rings. The number of thioether (sulfide) groups is 1. The summed E-state index contributed by atoms with van der Waals surface area (Å²) >= 11 is 1.93. The van der Waals surface area contributed by atoms with Gasteiger partial charge in [-0.15, -0.1) is 0 Å². The molecular weight excluding hydrogens is 364 g/mol. The molecule has 1 saturated heterocycles. The van der Waals surface area contributed by atoms with Crippen molar-refractivity contribution in [1.29, 1.82) is 0 Å². The molecule has 156 valence electrons. The van der Waals surface area contributed by atoms with E-state index in [1.165, 1.54) is 0 Å². The molecule has 0 saturated carbocycles. The Bertz CT molecular complexity index is 490. The highest BCUT2D eigenvalue weighted by Gasteiger charge is 2.33. The van der Waals surface area contributed by atoms with Crippen LogP contribution in [0.4, 0.5) is 0 Å². The molecule has 8 heteroatoms. The molecule has 0 spiro atoms. The molecule has 1 fully saturated rings. The van der Waals surface area contributed by atoms with Gasteiger partial charge in [0.2, 0.25) is 17.7 Å². The largest absolute Gasteiger partial charge is 0.356 e. The van der Waals surface area contributed by atoms with Crippen LogP contribution in [-0.2, 0) is 14.4 Å². The van der Waals surface area contributed by atoms with Crippen LogP contribution in [0.2, 0.25) is 0 Å². The van der Waals surface area contributed by atoms with E-state index < -0.39 is 0 Å². The molecule has 0 radical (unpaired) electrons. The minimum absolute atomic E-state index is 0.0387. The van der Waals surface area contributed by atoms with Gasteiger partial charge >= 0.3 is 0 Å². The van der Waals surface area contributed by atoms with Crippen molar-refractivity contribution < 1.29 is 14.4 Å². The fourth-order valence-corrected chi connectivity index (χ4v) is 5.01. The van der Waals surface area contributed by atoms with Crippen LogP contribution in [0.1, 0.15) is 65.7 Å². The third-order valence-corrected chi connectivity index (χ3v) is 6.75. The predicted octanol–water partition coefficient (Wildman–Crippen LogP) is 1.72. The minimum Gasteiger partial charge on any atom is -0.356 e. The summed E-state index contributed by atoms with van der Waals surface area (Å²) in [5.41, 5.74) is 2.16. The number of hydrogen-bond acceptors (Lipinski definition) is 5. The second-order valence-corrected chi connectivity index (χ2v) is 8.85. The Hall–Kier alpha value is -1.28. The first-order valence-electron chi connectivity index (χ1n) is 10.0. The highest BCUT2D eigenvalue weighted by atomic mass is 32.2. The van der Waals surface area contributed by atoms with Crippen LogP contribution in [0.5, 0.6) is 0 Å². The van der Waals surface area contributed by atoms with Gasteiger partial charge in [-0.3, -0.25) is 19.8 Å². The maximum Gasteiger partial charge on any atom is 0.236 e. The summed E-state index contributed by atoms with van der Waals surface area (Å²) in [6.45, 7) is 6.26. The van der Waals surface area contributed by atoms with Gasteiger partial charge in [-0.25, -0.2) is 5.84 Å². The van der Waals surface area contributed by atoms with Crippen LogP contribution in [0.25, 0.3) is 0 Å². The van der Waals surface area contributed by atoms with E-state index in [2.05, 4.69) is 23.0 Å². The highest BCUT2D eigenvalue weighted by molar-refractivity contribution is 8.00. The predicted molar refractivity (Wildman–Crippen MR) is 110 cm³/mol. The van der Waals surface area contributed by atoms with Crippen LogP contribution in [0.15, 0.2) is 0 Å². The lowest BCUT2D eigenvalue weighted by molar-refractivity contribution is -0.125. The molecule has 1 aliphatic rings. The van der Waals surface area contributed by atoms with Crippen LogP contribution in [0.3, 0.4) is 0 Å². The van der Waals surface area contributed by atoms with Gasteiger partial charge in [-0.2, -0.15) is 11.8 Å². The number of amides is 3. The van der Waals surface area contributed by atoms with Gasteiger partial charge in [-0.05, 0) is 37.4 Å². The van der Waals surface area contributed by atoms with Gasteiger partial charge in [0, 0.05) is 37.1 Å². The average Bonchev–Trinajstić information content (AvgIpc) is 2.96. The van der Waals surface area contributed by atoms with Gasteiger partial charge in [0.1, 0.15) is 0 Å². The Labute approximate surface area is 167 Å². The van der Waals surface area contributed by atoms with E-state index in [-0.39, 0.29) is 29.7 Å². The summed E-state index contributed by atoms with van der Waals surface area (Å²) in [4.78, 5) is 34.5. The highest BCUT2D eigenvalue weighted by Crippen LogP contribution is 2.34. The molecular formula is C19H36N4O3S. The van der Waals surface area contributed by atoms with Gasteiger partial charge in [0.25, 0.3) is 0 Å². The van der Waals surface area contributed by atoms with Crippen LogP contribution in [0, 0.1) is 11.8 Å². The topological polar surface area (TPSA) is 113 Å². The third-order valence-electron chi connectivity index (χ3n) is 5.08. The van der Waals surface area contributed by atoms with Crippen molar-refractivity contribution in [1.82, 2.24) is 16.1 Å². The van der Waals surface area contributed by atoms with Crippen molar-refractivity contribution in [3.63, 3.8) is 0 Å². The molecule has 4 unspecified atom stereocenters. The maximum absolute atomic E-state index is 11.9. The van der Waals surface area contributed by atoms with E-state index in [1.54, 1.807) is 6.92 Å². The zero-order valence-corrected chi connectivity index (χ0v) is 17.7. The second kappa shape index (κ2) is 13.0. The van der Waals surface area contributed by atoms with Gasteiger partial charge in [0.15, 0.2) is 0 Å². The van der Waals surface area contributed by atoms with Gasteiger partial charge < -0.3 is 10.6 Å². The maximum atomic E-state index is 11.9. The van der Waals surface area contributed by atoms with Crippen molar-refractivity contribution >= 4 is 29.5 Å². The molecule has 3 amide bonds. The third kappa shape index (κ3) is 9.46. The molecule has 0 aromatic carbocycles. The fourth-order valence-electron chi connectivity index (χ4n) is 3.38. The minimum atomic E-state index is -0.144. The van der Waals surface area contributed by atoms with E-state index in [0.29, 0.717) is 24.1 Å². The number of carbonyl (C=O) groups excluding carboxylic acids is 3. The first-order chi connectivity index (χ1) is 12.8. The quantitative estimate of drug-likeness (QED) is 0.172. The van der Waals surface area contributed by atoms with Crippen molar-refractivity contribution in [2.75, 3.05) is 12.3 Å². The number of hydrazine groups is 1. The van der Waals surface area contributed by atoms with E-state index in [9.17, 15) is 14.4 Å². The van der Waals surface area contributed by atoms with Gasteiger partial charge in [-0.1, -0.05) is 26.7 Å². The summed E-state index contributed by atoms with van der Waals surface area (Å²) in [7, 11) is 0. The van der Waals surface area contributed by atoms with Crippen molar-refractivity contribution in [3.05, 3.63) is 0 Å². The number of nitrogens with one attached hydrogen (secondary N) is 3. The molecule has 1 heterocycles. The zero-order chi connectivity index (χ0) is 20.2. The zero-order valence-electron chi connectivity index (χ0n) is 16.9. The molecule has 0 aliphatic carbocycles. The molecule has 1 aliphatic heterocycles. The first-order valence-corrected chi connectivity index (χ1v) is 11.1. The Morgan fingerprint density at radius 3 is 2.59 bits per heavy atom. The monoisotopic (exact) mass is 400 g/mol. The number of unbranched alkanes of at least 4 members (excludes halogenated alkanes) is 2. The Morgan fingerprint density at radius 1 is 1.19 bits per heavy atom. The Balaban J connectivity index is 2.07. The average molecular weight is 401 g/mol. The molecule has 7 nitrogen and oxygen atoms in total. The molecule has 4 atom stereocenters. The lowest BCUT2D eigenvalue weighted by Gasteiger charge is -2.22. The van der Waals surface area contributed by atoms with E-state index in [1.807, 2.05) is 18.7 Å². The molecule has 0 bridgehead atoms. The molecule has 1 rings (SSSR count). The first kappa shape index (κ1) is 23.8. The lowest BCUT2D eigenvalue weighted by Crippen LogP contribution is -2.41. The van der Waals surface area contributed by atoms with Crippen molar-refractivity contribution in [2.45, 2.75) is 77.0 Å². The normalized spacial score (nSPS) is 22.9. The standard InChI is InChI=1S/C19H36N4O3S/c1-13(19(26)23-20)8-6-7-11-21-17(25)10-5-4-9-16-18(22-15(3)24)14(2)12-27-16/h13-14,16,18H,4-12,20H2,1-3H3,(H,21,25)(H,22,24)(H,23,26). The Morgan fingerprint density at radius 2 is 1.93 bits per heavy atom. The smallest absolute Gasteiger partial charge is 0.236 e. The van der Waals surface area contributed by atoms with Crippen LogP contribution in [-0.4, -0.2) is 41.3 Å². The fraction of sp³-hybridized carbons (Fsp3) is 0.842. The van der Waals surface area contributed by atoms with Crippen LogP contribution >= 0.6 is 11.8 Å². The second-order valence-electron chi connectivity index (χ2n) is 7.58. The molecule has 5 N–H and O–H groups in total. The van der Waals surface area contributed by atoms with Gasteiger partial charge in [0.05, 0.1) is 0 Å². The molecule has 0 aromatic heterocycles. The number of carbonyl (C=O) groups is 3. The summed E-state index contributed by atoms with van der Waals surface area (Å²) in [6, 6.07) is 0.255. The summed E-state index contributed by atoms with van der Waals surface area (Å²) in [5.74, 6) is 6.58. The van der Waals surface area contributed by atoms with Crippen LogP contribution < -0.4 is 21.9 Å². The lowest BCUT2D eigenvalue weighted by atomic mass is 9.97. The van der Waals surface area contributed by atoms with Crippen molar-refractivity contribution in [2.24, 2.45) is 17.7 Å². The summed E-state index contributed by atoms with van der Waals surface area (Å²) in [5, 5.41) is 6.48. The summed E-state index contributed by atoms with van der Waals surface area (Å²) < 4.78 is 0. The molecule has 27 heavy (non-hydrogen) atoms. The van der Waals surface area contributed by atoms with E-state index >= 15 is 0 Å². The number of nitrogens with two attached hydrogens (primary N) is 1.